The number of aliphatic hydroxyl groups is 7. The molecule has 43 heavy (non-hydrogen) atoms. The third-order valence-corrected chi connectivity index (χ3v) is 8.37. The number of halogens is 1. The molecule has 20 heteroatoms. The minimum absolute atomic E-state index is 0. The van der Waals surface area contributed by atoms with E-state index in [1.807, 2.05) is 0 Å². The number of rotatable bonds is 9. The molecule has 4 fully saturated rings. The molecule has 19 N–H and O–H groups in total. The first-order chi connectivity index (χ1) is 19.8. The topological polar surface area (TPSA) is 353 Å². The molecule has 0 radical (unpaired) electrons. The number of nitrogens with two attached hydrogens (primary N) is 6. The van der Waals surface area contributed by atoms with Crippen LogP contribution in [0.25, 0.3) is 0 Å². The van der Waals surface area contributed by atoms with Gasteiger partial charge in [0.25, 0.3) is 0 Å². The molecule has 0 aromatic rings. The van der Waals surface area contributed by atoms with Crippen molar-refractivity contribution in [2.75, 3.05) is 19.7 Å². The third-order valence-electron chi connectivity index (χ3n) is 8.37. The normalized spacial score (nSPS) is 52.5. The smallest absolute Gasteiger partial charge is 0.187 e. The van der Waals surface area contributed by atoms with Crippen molar-refractivity contribution in [1.29, 1.82) is 0 Å². The van der Waals surface area contributed by atoms with Gasteiger partial charge in [-0.15, -0.1) is 12.4 Å². The van der Waals surface area contributed by atoms with Crippen LogP contribution >= 0.6 is 12.4 Å². The van der Waals surface area contributed by atoms with Gasteiger partial charge in [0.2, 0.25) is 0 Å². The van der Waals surface area contributed by atoms with Gasteiger partial charge in [-0.2, -0.15) is 0 Å². The second kappa shape index (κ2) is 15.4. The summed E-state index contributed by atoms with van der Waals surface area (Å²) in [5, 5.41) is 73.0. The highest BCUT2D eigenvalue weighted by molar-refractivity contribution is 5.85. The van der Waals surface area contributed by atoms with Crippen molar-refractivity contribution in [2.24, 2.45) is 34.4 Å². The van der Waals surface area contributed by atoms with Crippen LogP contribution in [0.15, 0.2) is 0 Å². The summed E-state index contributed by atoms with van der Waals surface area (Å²) in [6, 6.07) is -4.18. The maximum absolute atomic E-state index is 11.1. The summed E-state index contributed by atoms with van der Waals surface area (Å²) in [5.41, 5.74) is 35.6. The molecule has 3 unspecified atom stereocenters. The van der Waals surface area contributed by atoms with E-state index < -0.39 is 123 Å². The monoisotopic (exact) mass is 650 g/mol. The number of ether oxygens (including phenoxy) is 6. The van der Waals surface area contributed by atoms with Crippen LogP contribution in [0.4, 0.5) is 0 Å². The largest absolute Gasteiger partial charge is 0.394 e. The van der Waals surface area contributed by atoms with Gasteiger partial charge in [-0.25, -0.2) is 0 Å². The Hall–Kier alpha value is -0.470. The molecule has 0 bridgehead atoms. The lowest BCUT2D eigenvalue weighted by atomic mass is 9.84. The molecule has 4 rings (SSSR count). The van der Waals surface area contributed by atoms with Crippen LogP contribution in [0.5, 0.6) is 0 Å². The van der Waals surface area contributed by atoms with Gasteiger partial charge in [0.15, 0.2) is 18.9 Å². The minimum atomic E-state index is -1.60. The summed E-state index contributed by atoms with van der Waals surface area (Å²) in [6.45, 7) is -0.967. The standard InChI is InChI=1S/C23H46N6O13.ClH/c24-2-7-13(32)15(34)10(28)21(37-7)40-18-6(27)1-5(26)12(31)20(18)42-23-17(36)19(9(4-30)39-23)41-22-11(29)16(35)14(33)8(3-25)38-22;/h5-23,30-36H,1-4,24-29H2;1H/t5-,6+,7+,8+,9-,10+,11-,12+,13+,14-,15+,16-,17-,18?,19-,20-,21+,22?,23?;/m0./s1. The van der Waals surface area contributed by atoms with E-state index in [0.717, 1.165) is 0 Å². The van der Waals surface area contributed by atoms with Gasteiger partial charge in [-0.1, -0.05) is 0 Å². The first kappa shape index (κ1) is 37.0. The molecular formula is C23H47ClN6O13. The number of aliphatic hydroxyl groups excluding tert-OH is 7. The Balaban J connectivity index is 0.00000506. The third kappa shape index (κ3) is 7.42. The van der Waals surface area contributed by atoms with Crippen LogP contribution in [0.3, 0.4) is 0 Å². The van der Waals surface area contributed by atoms with Gasteiger partial charge >= 0.3 is 0 Å². The predicted octanol–water partition coefficient (Wildman–Crippen LogP) is -8.47. The van der Waals surface area contributed by atoms with Crippen molar-refractivity contribution >= 4 is 12.4 Å². The van der Waals surface area contributed by atoms with Crippen molar-refractivity contribution < 1.29 is 64.2 Å². The molecule has 1 aliphatic carbocycles. The van der Waals surface area contributed by atoms with Crippen LogP contribution in [-0.2, 0) is 28.4 Å². The zero-order chi connectivity index (χ0) is 31.0. The molecule has 19 nitrogen and oxygen atoms in total. The number of hydrogen-bond acceptors (Lipinski definition) is 19. The molecule has 0 amide bonds. The first-order valence-corrected chi connectivity index (χ1v) is 13.9. The van der Waals surface area contributed by atoms with Crippen LogP contribution in [0.1, 0.15) is 6.42 Å². The van der Waals surface area contributed by atoms with Crippen molar-refractivity contribution in [2.45, 2.75) is 123 Å². The second-order valence-electron chi connectivity index (χ2n) is 11.2. The minimum Gasteiger partial charge on any atom is -0.394 e. The van der Waals surface area contributed by atoms with Crippen LogP contribution in [0, 0.1) is 0 Å². The Kier molecular flexibility index (Phi) is 13.3. The highest BCUT2D eigenvalue weighted by atomic mass is 35.5. The van der Waals surface area contributed by atoms with Crippen molar-refractivity contribution in [3.8, 4) is 0 Å². The molecule has 3 saturated heterocycles. The van der Waals surface area contributed by atoms with Crippen molar-refractivity contribution in [3.05, 3.63) is 0 Å². The summed E-state index contributed by atoms with van der Waals surface area (Å²) < 4.78 is 34.6. The lowest BCUT2D eigenvalue weighted by Crippen LogP contribution is -2.68. The van der Waals surface area contributed by atoms with E-state index >= 15 is 0 Å². The lowest BCUT2D eigenvalue weighted by molar-refractivity contribution is -0.306. The summed E-state index contributed by atoms with van der Waals surface area (Å²) >= 11 is 0. The molecule has 1 saturated carbocycles. The van der Waals surface area contributed by atoms with E-state index in [0.29, 0.717) is 0 Å². The highest BCUT2D eigenvalue weighted by Gasteiger charge is 2.54. The lowest BCUT2D eigenvalue weighted by Gasteiger charge is -2.47. The maximum Gasteiger partial charge on any atom is 0.187 e. The van der Waals surface area contributed by atoms with Gasteiger partial charge < -0.3 is 98.6 Å². The molecule has 0 aromatic heterocycles. The average Bonchev–Trinajstić information content (AvgIpc) is 3.27. The Morgan fingerprint density at radius 2 is 0.977 bits per heavy atom. The van der Waals surface area contributed by atoms with E-state index in [2.05, 4.69) is 0 Å². The van der Waals surface area contributed by atoms with Crippen LogP contribution in [-0.4, -0.2) is 172 Å². The quantitative estimate of drug-likeness (QED) is 0.110. The summed E-state index contributed by atoms with van der Waals surface area (Å²) in [6.07, 6.45) is -19.8. The average molecular weight is 651 g/mol. The Bertz CT molecular complexity index is 875. The Morgan fingerprint density at radius 1 is 0.535 bits per heavy atom. The fourth-order valence-corrected chi connectivity index (χ4v) is 5.74. The SMILES string of the molecule is Cl.NC[C@H]1OC(O[C@H]2[C@H](CO)OC(O[C@@H]3C(O[C@H]4O[C@H](CN)[C@@H](O)[C@H](O)[C@H]4N)[C@H](N)C[C@H](N)[C@H]3O)[C@H]2O)[C@@H](N)[C@H](O)[C@H]1O. The van der Waals surface area contributed by atoms with Gasteiger partial charge in [-0.05, 0) is 6.42 Å². The van der Waals surface area contributed by atoms with Gasteiger partial charge in [0, 0.05) is 25.2 Å². The van der Waals surface area contributed by atoms with Gasteiger partial charge in [-0.3, -0.25) is 0 Å². The molecule has 0 aromatic carbocycles. The van der Waals surface area contributed by atoms with E-state index in [-0.39, 0.29) is 31.9 Å². The summed E-state index contributed by atoms with van der Waals surface area (Å²) in [4.78, 5) is 0. The summed E-state index contributed by atoms with van der Waals surface area (Å²) in [7, 11) is 0. The fraction of sp³-hybridized carbons (Fsp3) is 1.00. The van der Waals surface area contributed by atoms with E-state index in [9.17, 15) is 35.7 Å². The van der Waals surface area contributed by atoms with Crippen molar-refractivity contribution in [3.63, 3.8) is 0 Å². The Labute approximate surface area is 253 Å². The predicted molar refractivity (Wildman–Crippen MR) is 146 cm³/mol. The van der Waals surface area contributed by atoms with Crippen LogP contribution in [0.2, 0.25) is 0 Å². The first-order valence-electron chi connectivity index (χ1n) is 13.9. The van der Waals surface area contributed by atoms with E-state index in [1.165, 1.54) is 0 Å². The molecule has 254 valence electrons. The molecule has 0 spiro atoms. The molecule has 19 atom stereocenters. The molecular weight excluding hydrogens is 604 g/mol. The fourth-order valence-electron chi connectivity index (χ4n) is 5.74. The molecule has 3 heterocycles. The zero-order valence-electron chi connectivity index (χ0n) is 23.3. The molecule has 3 aliphatic heterocycles. The van der Waals surface area contributed by atoms with Crippen LogP contribution < -0.4 is 34.4 Å². The number of hydrogen-bond donors (Lipinski definition) is 13. The van der Waals surface area contributed by atoms with Crippen molar-refractivity contribution in [1.82, 2.24) is 0 Å². The second-order valence-corrected chi connectivity index (χ2v) is 11.2. The van der Waals surface area contributed by atoms with Gasteiger partial charge in [0.05, 0.1) is 24.8 Å². The van der Waals surface area contributed by atoms with E-state index in [4.69, 9.17) is 62.8 Å². The Morgan fingerprint density at radius 3 is 1.44 bits per heavy atom. The molecule has 4 aliphatic rings. The maximum atomic E-state index is 11.1. The summed E-state index contributed by atoms with van der Waals surface area (Å²) in [5.74, 6) is 0. The highest BCUT2D eigenvalue weighted by Crippen LogP contribution is 2.34. The van der Waals surface area contributed by atoms with Gasteiger partial charge in [0.1, 0.15) is 67.1 Å². The zero-order valence-corrected chi connectivity index (χ0v) is 24.1. The van der Waals surface area contributed by atoms with E-state index in [1.54, 1.807) is 0 Å².